The van der Waals surface area contributed by atoms with Crippen molar-refractivity contribution in [2.24, 2.45) is 0 Å². The molecule has 5 rings (SSSR count). The van der Waals surface area contributed by atoms with Gasteiger partial charge in [-0.1, -0.05) is 30.3 Å². The molecule has 0 aliphatic carbocycles. The lowest BCUT2D eigenvalue weighted by Crippen LogP contribution is -2.54. The molecule has 2 aliphatic heterocycles. The summed E-state index contributed by atoms with van der Waals surface area (Å²) in [5, 5.41) is 4.39. The molecule has 208 valence electrons. The molecule has 0 radical (unpaired) electrons. The van der Waals surface area contributed by atoms with Crippen LogP contribution in [-0.4, -0.2) is 46.0 Å². The molecule has 1 atom stereocenters. The van der Waals surface area contributed by atoms with Crippen LogP contribution in [0.25, 0.3) is 0 Å². The number of anilines is 2. The number of alkyl halides is 4. The van der Waals surface area contributed by atoms with Gasteiger partial charge in [0.15, 0.2) is 5.82 Å². The molecule has 0 unspecified atom stereocenters. The summed E-state index contributed by atoms with van der Waals surface area (Å²) in [6, 6.07) is 9.46. The van der Waals surface area contributed by atoms with Crippen molar-refractivity contribution in [1.82, 2.24) is 14.7 Å². The number of hydrogen-bond acceptors (Lipinski definition) is 3. The fourth-order valence-corrected chi connectivity index (χ4v) is 5.60. The summed E-state index contributed by atoms with van der Waals surface area (Å²) in [5.74, 6) is -0.0514. The summed E-state index contributed by atoms with van der Waals surface area (Å²) in [4.78, 5) is 18.7. The largest absolute Gasteiger partial charge is 0.416 e. The van der Waals surface area contributed by atoms with Crippen molar-refractivity contribution in [1.29, 1.82) is 0 Å². The number of aromatic nitrogens is 2. The molecule has 1 saturated heterocycles. The van der Waals surface area contributed by atoms with Gasteiger partial charge in [-0.3, -0.25) is 9.58 Å². The first-order valence-corrected chi connectivity index (χ1v) is 13.0. The van der Waals surface area contributed by atoms with Crippen LogP contribution in [0, 0.1) is 12.7 Å². The van der Waals surface area contributed by atoms with Crippen LogP contribution in [0.2, 0.25) is 0 Å². The van der Waals surface area contributed by atoms with Crippen molar-refractivity contribution in [2.45, 2.75) is 64.7 Å². The molecule has 2 aliphatic rings. The first-order chi connectivity index (χ1) is 18.5. The van der Waals surface area contributed by atoms with E-state index >= 15 is 0 Å². The third-order valence-electron chi connectivity index (χ3n) is 7.39. The highest BCUT2D eigenvalue weighted by molar-refractivity contribution is 5.94. The highest BCUT2D eigenvalue weighted by atomic mass is 19.4. The number of benzene rings is 2. The van der Waals surface area contributed by atoms with Gasteiger partial charge in [-0.15, -0.1) is 0 Å². The van der Waals surface area contributed by atoms with Crippen molar-refractivity contribution in [3.8, 4) is 0 Å². The standard InChI is InChI=1S/C28H30F5N5O/c1-18-6-5-9-24(30)25(18)35-12-10-22(11-13-35)37-17-21-15-36(14-19(2)29)34-26(21)38(27(37)39)16-20-7-3-4-8-23(20)28(31,32)33/h3-9,15,19,22H,10-14,16-17H2,1-2H3/t19-/m0/s1. The number of carbonyl (C=O) groups excluding carboxylic acids is 1. The van der Waals surface area contributed by atoms with E-state index in [0.717, 1.165) is 11.6 Å². The minimum atomic E-state index is -4.58. The van der Waals surface area contributed by atoms with Crippen molar-refractivity contribution < 1.29 is 26.7 Å². The number of rotatable bonds is 6. The number of nitrogens with zero attached hydrogens (tertiary/aromatic N) is 5. The highest BCUT2D eigenvalue weighted by Crippen LogP contribution is 2.37. The zero-order valence-electron chi connectivity index (χ0n) is 21.8. The Morgan fingerprint density at radius 1 is 1.08 bits per heavy atom. The number of amides is 2. The number of para-hydroxylation sites is 1. The SMILES string of the molecule is Cc1cccc(F)c1N1CCC(N2Cc3cn(C[C@H](C)F)nc3N(Cc3ccccc3C(F)(F)F)C2=O)CC1. The van der Waals surface area contributed by atoms with E-state index in [1.54, 1.807) is 17.2 Å². The van der Waals surface area contributed by atoms with E-state index in [9.17, 15) is 26.7 Å². The average Bonchev–Trinajstić information content (AvgIpc) is 3.27. The number of halogens is 5. The van der Waals surface area contributed by atoms with Crippen LogP contribution in [0.1, 0.15) is 42.0 Å². The van der Waals surface area contributed by atoms with Gasteiger partial charge in [-0.25, -0.2) is 13.6 Å². The van der Waals surface area contributed by atoms with Gasteiger partial charge in [0.2, 0.25) is 0 Å². The molecule has 2 amide bonds. The minimum absolute atomic E-state index is 0.0332. The number of urea groups is 1. The van der Waals surface area contributed by atoms with E-state index in [0.29, 0.717) is 37.2 Å². The maximum absolute atomic E-state index is 14.6. The van der Waals surface area contributed by atoms with Gasteiger partial charge in [0.05, 0.1) is 30.9 Å². The lowest BCUT2D eigenvalue weighted by molar-refractivity contribution is -0.138. The van der Waals surface area contributed by atoms with Crippen molar-refractivity contribution in [3.63, 3.8) is 0 Å². The lowest BCUT2D eigenvalue weighted by Gasteiger charge is -2.43. The summed E-state index contributed by atoms with van der Waals surface area (Å²) < 4.78 is 70.9. The molecule has 6 nitrogen and oxygen atoms in total. The quantitative estimate of drug-likeness (QED) is 0.340. The van der Waals surface area contributed by atoms with E-state index in [2.05, 4.69) is 5.10 Å². The number of piperidine rings is 1. The second-order valence-corrected chi connectivity index (χ2v) is 10.3. The Morgan fingerprint density at radius 2 is 1.79 bits per heavy atom. The molecule has 0 saturated carbocycles. The highest BCUT2D eigenvalue weighted by Gasteiger charge is 2.40. The zero-order chi connectivity index (χ0) is 27.9. The maximum Gasteiger partial charge on any atom is 0.416 e. The molecule has 0 spiro atoms. The molecule has 3 heterocycles. The van der Waals surface area contributed by atoms with Crippen LogP contribution in [0.15, 0.2) is 48.7 Å². The Kier molecular flexibility index (Phi) is 7.26. The summed E-state index contributed by atoms with van der Waals surface area (Å²) >= 11 is 0. The van der Waals surface area contributed by atoms with E-state index in [1.165, 1.54) is 40.8 Å². The van der Waals surface area contributed by atoms with Crippen molar-refractivity contribution in [2.75, 3.05) is 22.9 Å². The molecule has 0 bridgehead atoms. The van der Waals surface area contributed by atoms with Crippen molar-refractivity contribution >= 4 is 17.5 Å². The lowest BCUT2D eigenvalue weighted by atomic mass is 10.00. The number of hydrogen-bond donors (Lipinski definition) is 0. The molecule has 11 heteroatoms. The van der Waals surface area contributed by atoms with Crippen molar-refractivity contribution in [3.05, 3.63) is 76.7 Å². The Bertz CT molecular complexity index is 1330. The van der Waals surface area contributed by atoms with Crippen LogP contribution in [0.5, 0.6) is 0 Å². The second-order valence-electron chi connectivity index (χ2n) is 10.3. The van der Waals surface area contributed by atoms with Crippen LogP contribution in [-0.2, 0) is 25.8 Å². The third kappa shape index (κ3) is 5.44. The van der Waals surface area contributed by atoms with Gasteiger partial charge in [-0.2, -0.15) is 18.3 Å². The van der Waals surface area contributed by atoms with Crippen LogP contribution in [0.4, 0.5) is 38.3 Å². The molecule has 1 fully saturated rings. The van der Waals surface area contributed by atoms with E-state index < -0.39 is 23.9 Å². The Hall–Kier alpha value is -3.63. The van der Waals surface area contributed by atoms with E-state index in [-0.39, 0.29) is 42.9 Å². The average molecular weight is 548 g/mol. The summed E-state index contributed by atoms with van der Waals surface area (Å²) in [6.45, 7) is 4.15. The van der Waals surface area contributed by atoms with E-state index in [4.69, 9.17) is 0 Å². The topological polar surface area (TPSA) is 44.6 Å². The predicted octanol–water partition coefficient (Wildman–Crippen LogP) is 6.32. The van der Waals surface area contributed by atoms with Crippen LogP contribution >= 0.6 is 0 Å². The summed E-state index contributed by atoms with van der Waals surface area (Å²) in [7, 11) is 0. The van der Waals surface area contributed by atoms with Crippen LogP contribution in [0.3, 0.4) is 0 Å². The molecule has 39 heavy (non-hydrogen) atoms. The zero-order valence-corrected chi connectivity index (χ0v) is 21.8. The number of aryl methyl sites for hydroxylation is 1. The first-order valence-electron chi connectivity index (χ1n) is 13.0. The first kappa shape index (κ1) is 27.0. The van der Waals surface area contributed by atoms with E-state index in [1.807, 2.05) is 17.9 Å². The van der Waals surface area contributed by atoms with Gasteiger partial charge in [-0.05, 0) is 49.9 Å². The van der Waals surface area contributed by atoms with Gasteiger partial charge in [0.1, 0.15) is 12.0 Å². The minimum Gasteiger partial charge on any atom is -0.369 e. The van der Waals surface area contributed by atoms with Gasteiger partial charge >= 0.3 is 12.2 Å². The third-order valence-corrected chi connectivity index (χ3v) is 7.39. The Labute approximate surface area is 223 Å². The molecular formula is C28H30F5N5O. The smallest absolute Gasteiger partial charge is 0.369 e. The molecule has 1 aromatic heterocycles. The fourth-order valence-electron chi connectivity index (χ4n) is 5.60. The normalized spacial score (nSPS) is 17.5. The number of carbonyl (C=O) groups is 1. The van der Waals surface area contributed by atoms with Gasteiger partial charge < -0.3 is 9.80 Å². The fraction of sp³-hybridized carbons (Fsp3) is 0.429. The van der Waals surface area contributed by atoms with Gasteiger partial charge in [0.25, 0.3) is 0 Å². The van der Waals surface area contributed by atoms with Crippen LogP contribution < -0.4 is 9.80 Å². The molecule has 0 N–H and O–H groups in total. The monoisotopic (exact) mass is 547 g/mol. The molecular weight excluding hydrogens is 517 g/mol. The predicted molar refractivity (Wildman–Crippen MR) is 138 cm³/mol. The molecule has 2 aromatic carbocycles. The Balaban J connectivity index is 1.42. The second kappa shape index (κ2) is 10.5. The number of fused-ring (bicyclic) bond motifs is 1. The maximum atomic E-state index is 14.6. The summed E-state index contributed by atoms with van der Waals surface area (Å²) in [5.41, 5.74) is 1.16. The summed E-state index contributed by atoms with van der Waals surface area (Å²) in [6.07, 6.45) is -2.98. The Morgan fingerprint density at radius 3 is 2.46 bits per heavy atom. The molecule has 3 aromatic rings. The van der Waals surface area contributed by atoms with Gasteiger partial charge in [0, 0.05) is 30.9 Å².